The zero-order chi connectivity index (χ0) is 13.7. The molecule has 0 fully saturated rings. The number of carbonyl (C=O) groups is 1. The van der Waals surface area contributed by atoms with E-state index < -0.39 is 5.97 Å². The van der Waals surface area contributed by atoms with E-state index in [1.807, 2.05) is 24.3 Å². The average Bonchev–Trinajstić information content (AvgIpc) is 2.46. The minimum absolute atomic E-state index is 0.0658. The van der Waals surface area contributed by atoms with Gasteiger partial charge in [-0.1, -0.05) is 19.1 Å². The summed E-state index contributed by atoms with van der Waals surface area (Å²) in [6.45, 7) is 2.30. The molecule has 0 atom stereocenters. The summed E-state index contributed by atoms with van der Waals surface area (Å²) in [6.07, 6.45) is 3.53. The zero-order valence-electron chi connectivity index (χ0n) is 10.5. The number of aromatic nitrogens is 2. The van der Waals surface area contributed by atoms with Crippen LogP contribution in [0.4, 0.5) is 0 Å². The van der Waals surface area contributed by atoms with Gasteiger partial charge in [-0.15, -0.1) is 0 Å². The number of carboxylic acids is 1. The van der Waals surface area contributed by atoms with Gasteiger partial charge >= 0.3 is 5.97 Å². The summed E-state index contributed by atoms with van der Waals surface area (Å²) in [5, 5.41) is 8.72. The summed E-state index contributed by atoms with van der Waals surface area (Å²) in [5.74, 6) is 0.148. The molecule has 1 heterocycles. The van der Waals surface area contributed by atoms with Crippen LogP contribution in [0.25, 0.3) is 0 Å². The number of carboxylic acid groups (broad SMARTS) is 1. The molecule has 1 aromatic carbocycles. The Bertz CT molecular complexity index is 550. The van der Waals surface area contributed by atoms with Crippen molar-refractivity contribution in [3.63, 3.8) is 0 Å². The van der Waals surface area contributed by atoms with Crippen molar-refractivity contribution in [3.05, 3.63) is 53.6 Å². The number of ether oxygens (including phenoxy) is 1. The summed E-state index contributed by atoms with van der Waals surface area (Å²) in [6, 6.07) is 7.79. The topological polar surface area (TPSA) is 72.3 Å². The van der Waals surface area contributed by atoms with Crippen LogP contribution in [0.1, 0.15) is 28.7 Å². The first kappa shape index (κ1) is 13.0. The van der Waals surface area contributed by atoms with Gasteiger partial charge in [0.15, 0.2) is 5.82 Å². The molecule has 0 amide bonds. The molecule has 0 radical (unpaired) electrons. The molecule has 2 aromatic rings. The average molecular weight is 258 g/mol. The fraction of sp³-hybridized carbons (Fsp3) is 0.214. The molecule has 0 aliphatic heterocycles. The lowest BCUT2D eigenvalue weighted by molar-refractivity contribution is 0.0695. The van der Waals surface area contributed by atoms with Gasteiger partial charge in [0, 0.05) is 12.4 Å². The Morgan fingerprint density at radius 1 is 1.21 bits per heavy atom. The Hall–Kier alpha value is -2.43. The normalized spacial score (nSPS) is 10.2. The smallest absolute Gasteiger partial charge is 0.338 e. The number of rotatable bonds is 5. The first-order chi connectivity index (χ1) is 9.19. The van der Waals surface area contributed by atoms with Crippen LogP contribution < -0.4 is 4.74 Å². The molecule has 5 nitrogen and oxygen atoms in total. The number of benzene rings is 1. The number of hydrogen-bond donors (Lipinski definition) is 1. The number of nitrogens with zero attached hydrogens (tertiary/aromatic N) is 2. The fourth-order valence-electron chi connectivity index (χ4n) is 1.51. The molecule has 0 saturated carbocycles. The summed E-state index contributed by atoms with van der Waals surface area (Å²) in [5.41, 5.74) is 1.31. The minimum Gasteiger partial charge on any atom is -0.486 e. The van der Waals surface area contributed by atoms with Gasteiger partial charge < -0.3 is 9.84 Å². The third kappa shape index (κ3) is 3.51. The van der Waals surface area contributed by atoms with Crippen LogP contribution in [0.5, 0.6) is 5.75 Å². The molecule has 0 saturated heterocycles. The highest BCUT2D eigenvalue weighted by Gasteiger charge is 2.04. The molecule has 0 spiro atoms. The van der Waals surface area contributed by atoms with Gasteiger partial charge in [0.05, 0.1) is 5.56 Å². The summed E-state index contributed by atoms with van der Waals surface area (Å²) >= 11 is 0. The van der Waals surface area contributed by atoms with E-state index in [2.05, 4.69) is 16.9 Å². The van der Waals surface area contributed by atoms with Crippen LogP contribution in [0.3, 0.4) is 0 Å². The second kappa shape index (κ2) is 5.95. The first-order valence-electron chi connectivity index (χ1n) is 5.95. The van der Waals surface area contributed by atoms with E-state index in [0.717, 1.165) is 12.2 Å². The Morgan fingerprint density at radius 2 is 1.84 bits per heavy atom. The summed E-state index contributed by atoms with van der Waals surface area (Å²) in [4.78, 5) is 18.5. The van der Waals surface area contributed by atoms with Crippen molar-refractivity contribution >= 4 is 5.97 Å². The molecule has 98 valence electrons. The molecule has 1 aromatic heterocycles. The van der Waals surface area contributed by atoms with E-state index in [1.165, 1.54) is 18.0 Å². The predicted octanol–water partition coefficient (Wildman–Crippen LogP) is 2.32. The van der Waals surface area contributed by atoms with Crippen molar-refractivity contribution in [1.29, 1.82) is 0 Å². The van der Waals surface area contributed by atoms with Crippen molar-refractivity contribution in [1.82, 2.24) is 9.97 Å². The number of hydrogen-bond acceptors (Lipinski definition) is 4. The van der Waals surface area contributed by atoms with Crippen molar-refractivity contribution in [2.75, 3.05) is 0 Å². The highest BCUT2D eigenvalue weighted by Crippen LogP contribution is 2.13. The van der Waals surface area contributed by atoms with E-state index in [9.17, 15) is 4.79 Å². The molecule has 5 heteroatoms. The van der Waals surface area contributed by atoms with Crippen LogP contribution in [0.15, 0.2) is 36.7 Å². The fourth-order valence-corrected chi connectivity index (χ4v) is 1.51. The van der Waals surface area contributed by atoms with E-state index >= 15 is 0 Å². The molecule has 0 aliphatic carbocycles. The molecule has 0 unspecified atom stereocenters. The lowest BCUT2D eigenvalue weighted by Crippen LogP contribution is -2.04. The monoisotopic (exact) mass is 258 g/mol. The van der Waals surface area contributed by atoms with Crippen molar-refractivity contribution in [2.45, 2.75) is 20.0 Å². The minimum atomic E-state index is -1.04. The van der Waals surface area contributed by atoms with Gasteiger partial charge in [0.1, 0.15) is 12.4 Å². The third-order valence-electron chi connectivity index (χ3n) is 2.65. The second-order valence-corrected chi connectivity index (χ2v) is 3.98. The lowest BCUT2D eigenvalue weighted by atomic mass is 10.2. The highest BCUT2D eigenvalue weighted by atomic mass is 16.5. The maximum Gasteiger partial charge on any atom is 0.338 e. The largest absolute Gasteiger partial charge is 0.486 e. The zero-order valence-corrected chi connectivity index (χ0v) is 10.5. The Balaban J connectivity index is 1.95. The molecular formula is C14H14N2O3. The van der Waals surface area contributed by atoms with Gasteiger partial charge in [-0.2, -0.15) is 0 Å². The highest BCUT2D eigenvalue weighted by molar-refractivity contribution is 5.86. The van der Waals surface area contributed by atoms with Gasteiger partial charge in [-0.05, 0) is 24.1 Å². The van der Waals surface area contributed by atoms with E-state index in [1.54, 1.807) is 0 Å². The van der Waals surface area contributed by atoms with Crippen LogP contribution >= 0.6 is 0 Å². The molecule has 19 heavy (non-hydrogen) atoms. The molecule has 0 aliphatic rings. The van der Waals surface area contributed by atoms with Gasteiger partial charge in [-0.3, -0.25) is 0 Å². The molecule has 0 bridgehead atoms. The Labute approximate surface area is 110 Å². The van der Waals surface area contributed by atoms with Gasteiger partial charge in [0.2, 0.25) is 0 Å². The Kier molecular flexibility index (Phi) is 4.07. The predicted molar refractivity (Wildman–Crippen MR) is 69.1 cm³/mol. The van der Waals surface area contributed by atoms with Crippen molar-refractivity contribution < 1.29 is 14.6 Å². The van der Waals surface area contributed by atoms with Crippen molar-refractivity contribution in [3.8, 4) is 5.75 Å². The van der Waals surface area contributed by atoms with Gasteiger partial charge in [0.25, 0.3) is 0 Å². The van der Waals surface area contributed by atoms with Gasteiger partial charge in [-0.25, -0.2) is 14.8 Å². The standard InChI is InChI=1S/C14H14N2O3/c1-2-10-3-5-12(6-4-10)19-9-13-15-7-11(8-16-13)14(17)18/h3-8H,2,9H2,1H3,(H,17,18). The second-order valence-electron chi connectivity index (χ2n) is 3.98. The lowest BCUT2D eigenvalue weighted by Gasteiger charge is -2.05. The van der Waals surface area contributed by atoms with Crippen LogP contribution in [0, 0.1) is 0 Å². The maximum absolute atomic E-state index is 10.6. The Morgan fingerprint density at radius 3 is 2.37 bits per heavy atom. The third-order valence-corrected chi connectivity index (χ3v) is 2.65. The first-order valence-corrected chi connectivity index (χ1v) is 5.95. The summed E-state index contributed by atoms with van der Waals surface area (Å²) in [7, 11) is 0. The molecule has 1 N–H and O–H groups in total. The van der Waals surface area contributed by atoms with E-state index in [0.29, 0.717) is 5.82 Å². The van der Waals surface area contributed by atoms with Crippen LogP contribution in [-0.4, -0.2) is 21.0 Å². The SMILES string of the molecule is CCc1ccc(OCc2ncc(C(=O)O)cn2)cc1. The maximum atomic E-state index is 10.6. The van der Waals surface area contributed by atoms with Crippen molar-refractivity contribution in [2.24, 2.45) is 0 Å². The molecular weight excluding hydrogens is 244 g/mol. The number of aromatic carboxylic acids is 1. The van der Waals surface area contributed by atoms with E-state index in [4.69, 9.17) is 9.84 Å². The van der Waals surface area contributed by atoms with Crippen LogP contribution in [-0.2, 0) is 13.0 Å². The molecule has 2 rings (SSSR count). The van der Waals surface area contributed by atoms with Crippen LogP contribution in [0.2, 0.25) is 0 Å². The summed E-state index contributed by atoms with van der Waals surface area (Å²) < 4.78 is 5.52. The number of aryl methyl sites for hydroxylation is 1. The quantitative estimate of drug-likeness (QED) is 0.891. The van der Waals surface area contributed by atoms with E-state index in [-0.39, 0.29) is 12.2 Å².